The number of rotatable bonds is 8. The number of fused-ring (bicyclic) bond motifs is 1. The van der Waals surface area contributed by atoms with Crippen LogP contribution in [-0.2, 0) is 11.4 Å². The summed E-state index contributed by atoms with van der Waals surface area (Å²) in [5.41, 5.74) is 4.01. The summed E-state index contributed by atoms with van der Waals surface area (Å²) in [6.45, 7) is 0.0560. The molecule has 4 aromatic carbocycles. The fourth-order valence-corrected chi connectivity index (χ4v) is 3.36. The van der Waals surface area contributed by atoms with Crippen molar-refractivity contribution in [2.24, 2.45) is 5.10 Å². The zero-order valence-electron chi connectivity index (χ0n) is 17.5. The van der Waals surface area contributed by atoms with Gasteiger partial charge in [-0.1, -0.05) is 60.1 Å². The highest BCUT2D eigenvalue weighted by atomic mass is 35.5. The van der Waals surface area contributed by atoms with Crippen molar-refractivity contribution in [1.82, 2.24) is 5.43 Å². The third kappa shape index (κ3) is 6.08. The van der Waals surface area contributed by atoms with Gasteiger partial charge >= 0.3 is 0 Å². The van der Waals surface area contributed by atoms with E-state index in [4.69, 9.17) is 21.1 Å². The normalized spacial score (nSPS) is 11.0. The molecule has 1 N–H and O–H groups in total. The number of ether oxygens (including phenoxy) is 2. The van der Waals surface area contributed by atoms with E-state index in [1.54, 1.807) is 42.6 Å². The van der Waals surface area contributed by atoms with E-state index in [2.05, 4.69) is 10.5 Å². The molecule has 1 amide bonds. The van der Waals surface area contributed by atoms with E-state index in [1.807, 2.05) is 36.4 Å². The minimum atomic E-state index is -0.416. The lowest BCUT2D eigenvalue weighted by Crippen LogP contribution is -2.24. The molecule has 0 aliphatic carbocycles. The number of benzene rings is 4. The topological polar surface area (TPSA) is 59.9 Å². The van der Waals surface area contributed by atoms with Crippen molar-refractivity contribution in [3.8, 4) is 11.5 Å². The summed E-state index contributed by atoms with van der Waals surface area (Å²) in [6, 6.07) is 24.5. The summed E-state index contributed by atoms with van der Waals surface area (Å²) >= 11 is 5.91. The van der Waals surface area contributed by atoms with Crippen molar-refractivity contribution in [1.29, 1.82) is 0 Å². The maximum absolute atomic E-state index is 13.2. The van der Waals surface area contributed by atoms with Crippen LogP contribution in [-0.4, -0.2) is 18.7 Å². The molecule has 166 valence electrons. The van der Waals surface area contributed by atoms with Gasteiger partial charge < -0.3 is 9.47 Å². The fraction of sp³-hybridized carbons (Fsp3) is 0.0769. The van der Waals surface area contributed by atoms with Crippen LogP contribution in [0.4, 0.5) is 4.39 Å². The zero-order chi connectivity index (χ0) is 23.0. The summed E-state index contributed by atoms with van der Waals surface area (Å²) in [5.74, 6) is 0.367. The molecule has 0 aliphatic heterocycles. The van der Waals surface area contributed by atoms with Crippen LogP contribution in [0.5, 0.6) is 11.5 Å². The number of nitrogens with zero attached hydrogens (tertiary/aromatic N) is 1. The Balaban J connectivity index is 1.46. The first-order chi connectivity index (χ1) is 16.1. The van der Waals surface area contributed by atoms with E-state index >= 15 is 0 Å². The summed E-state index contributed by atoms with van der Waals surface area (Å²) in [7, 11) is 0. The van der Waals surface area contributed by atoms with E-state index in [0.29, 0.717) is 22.1 Å². The number of hydrogen-bond donors (Lipinski definition) is 1. The van der Waals surface area contributed by atoms with Gasteiger partial charge in [0.2, 0.25) is 0 Å². The molecule has 0 spiro atoms. The van der Waals surface area contributed by atoms with Crippen molar-refractivity contribution in [3.63, 3.8) is 0 Å². The van der Waals surface area contributed by atoms with Crippen molar-refractivity contribution >= 4 is 34.5 Å². The second-order valence-electron chi connectivity index (χ2n) is 7.15. The van der Waals surface area contributed by atoms with Crippen LogP contribution in [0.2, 0.25) is 5.02 Å². The summed E-state index contributed by atoms with van der Waals surface area (Å²) in [4.78, 5) is 12.1. The molecular formula is C26H20ClFN2O3. The van der Waals surface area contributed by atoms with Gasteiger partial charge in [0.25, 0.3) is 5.91 Å². The standard InChI is InChI=1S/C26H20ClFN2O3/c27-20-5-3-6-22(14-20)32-17-26(31)30-29-15-24-23-7-2-1-4-19(23)10-13-25(24)33-16-18-8-11-21(28)12-9-18/h1-15H,16-17H2,(H,30,31)/b29-15-. The van der Waals surface area contributed by atoms with E-state index in [0.717, 1.165) is 16.3 Å². The number of nitrogens with one attached hydrogen (secondary N) is 1. The average molecular weight is 463 g/mol. The molecule has 7 heteroatoms. The number of hydrogen-bond acceptors (Lipinski definition) is 4. The van der Waals surface area contributed by atoms with Crippen molar-refractivity contribution in [3.05, 3.63) is 107 Å². The van der Waals surface area contributed by atoms with Crippen LogP contribution in [0.3, 0.4) is 0 Å². The number of carbonyl (C=O) groups is 1. The van der Waals surface area contributed by atoms with Crippen molar-refractivity contribution in [2.45, 2.75) is 6.61 Å². The fourth-order valence-electron chi connectivity index (χ4n) is 3.18. The minimum Gasteiger partial charge on any atom is -0.488 e. The monoisotopic (exact) mass is 462 g/mol. The molecule has 4 aromatic rings. The van der Waals surface area contributed by atoms with Crippen LogP contribution < -0.4 is 14.9 Å². The molecule has 0 radical (unpaired) electrons. The SMILES string of the molecule is O=C(COc1cccc(Cl)c1)N/N=C\c1c(OCc2ccc(F)cc2)ccc2ccccc12. The van der Waals surface area contributed by atoms with Crippen molar-refractivity contribution < 1.29 is 18.7 Å². The largest absolute Gasteiger partial charge is 0.488 e. The Morgan fingerprint density at radius 1 is 0.970 bits per heavy atom. The Bertz CT molecular complexity index is 1290. The Kier molecular flexibility index (Phi) is 7.17. The smallest absolute Gasteiger partial charge is 0.277 e. The van der Waals surface area contributed by atoms with Crippen molar-refractivity contribution in [2.75, 3.05) is 6.61 Å². The van der Waals surface area contributed by atoms with Crippen LogP contribution in [0, 0.1) is 5.82 Å². The molecule has 0 saturated carbocycles. The lowest BCUT2D eigenvalue weighted by molar-refractivity contribution is -0.123. The molecule has 0 bridgehead atoms. The Labute approximate surface area is 195 Å². The minimum absolute atomic E-state index is 0.207. The van der Waals surface area contributed by atoms with E-state index in [9.17, 15) is 9.18 Å². The Hall–Kier alpha value is -3.90. The lowest BCUT2D eigenvalue weighted by Gasteiger charge is -2.12. The first kappa shape index (κ1) is 22.3. The van der Waals surface area contributed by atoms with Gasteiger partial charge in [0.05, 0.1) is 6.21 Å². The molecule has 0 aliphatic rings. The second kappa shape index (κ2) is 10.6. The zero-order valence-corrected chi connectivity index (χ0v) is 18.3. The first-order valence-electron chi connectivity index (χ1n) is 10.2. The van der Waals surface area contributed by atoms with E-state index in [1.165, 1.54) is 12.1 Å². The van der Waals surface area contributed by atoms with Gasteiger partial charge in [-0.2, -0.15) is 5.10 Å². The van der Waals surface area contributed by atoms with Gasteiger partial charge in [0, 0.05) is 10.6 Å². The molecule has 0 unspecified atom stereocenters. The number of hydrazone groups is 1. The lowest BCUT2D eigenvalue weighted by atomic mass is 10.0. The van der Waals surface area contributed by atoms with E-state index in [-0.39, 0.29) is 19.0 Å². The van der Waals surface area contributed by atoms with Gasteiger partial charge in [-0.05, 0) is 52.7 Å². The number of halogens is 2. The maximum Gasteiger partial charge on any atom is 0.277 e. The highest BCUT2D eigenvalue weighted by Crippen LogP contribution is 2.27. The van der Waals surface area contributed by atoms with Crippen LogP contribution in [0.1, 0.15) is 11.1 Å². The summed E-state index contributed by atoms with van der Waals surface area (Å²) in [5, 5.41) is 6.53. The molecule has 0 heterocycles. The third-order valence-electron chi connectivity index (χ3n) is 4.79. The summed E-state index contributed by atoms with van der Waals surface area (Å²) < 4.78 is 24.6. The molecule has 0 aromatic heterocycles. The molecule has 4 rings (SSSR count). The van der Waals surface area contributed by atoms with Crippen LogP contribution in [0.15, 0.2) is 90.0 Å². The van der Waals surface area contributed by atoms with Gasteiger partial charge in [0.15, 0.2) is 6.61 Å². The predicted molar refractivity (Wildman–Crippen MR) is 127 cm³/mol. The quantitative estimate of drug-likeness (QED) is 0.268. The molecule has 5 nitrogen and oxygen atoms in total. The van der Waals surface area contributed by atoms with E-state index < -0.39 is 5.91 Å². The molecule has 33 heavy (non-hydrogen) atoms. The Morgan fingerprint density at radius 3 is 2.61 bits per heavy atom. The van der Waals surface area contributed by atoms with Crippen LogP contribution >= 0.6 is 11.6 Å². The Morgan fingerprint density at radius 2 is 1.79 bits per heavy atom. The van der Waals surface area contributed by atoms with Gasteiger partial charge in [-0.25, -0.2) is 9.82 Å². The molecule has 0 atom stereocenters. The highest BCUT2D eigenvalue weighted by molar-refractivity contribution is 6.30. The second-order valence-corrected chi connectivity index (χ2v) is 7.59. The molecular weight excluding hydrogens is 443 g/mol. The number of amides is 1. The van der Waals surface area contributed by atoms with Gasteiger partial charge in [-0.3, -0.25) is 4.79 Å². The van der Waals surface area contributed by atoms with Gasteiger partial charge in [0.1, 0.15) is 23.9 Å². The molecule has 0 fully saturated rings. The third-order valence-corrected chi connectivity index (χ3v) is 5.02. The predicted octanol–water partition coefficient (Wildman–Crippen LogP) is 5.74. The molecule has 0 saturated heterocycles. The van der Waals surface area contributed by atoms with Gasteiger partial charge in [-0.15, -0.1) is 0 Å². The highest BCUT2D eigenvalue weighted by Gasteiger charge is 2.09. The first-order valence-corrected chi connectivity index (χ1v) is 10.6. The van der Waals surface area contributed by atoms with Crippen LogP contribution in [0.25, 0.3) is 10.8 Å². The number of carbonyl (C=O) groups excluding carboxylic acids is 1. The average Bonchev–Trinajstić information content (AvgIpc) is 2.83. The summed E-state index contributed by atoms with van der Waals surface area (Å²) in [6.07, 6.45) is 1.54. The maximum atomic E-state index is 13.2.